The summed E-state index contributed by atoms with van der Waals surface area (Å²) in [5.41, 5.74) is 10.6. The van der Waals surface area contributed by atoms with Gasteiger partial charge in [-0.2, -0.15) is 0 Å². The third kappa shape index (κ3) is 2.78. The minimum absolute atomic E-state index is 0.725. The summed E-state index contributed by atoms with van der Waals surface area (Å²) in [5.74, 6) is 1.01. The van der Waals surface area contributed by atoms with Gasteiger partial charge in [0.1, 0.15) is 12.4 Å². The van der Waals surface area contributed by atoms with Crippen LogP contribution in [-0.2, 0) is 13.1 Å². The molecule has 1 heterocycles. The second-order valence-corrected chi connectivity index (χ2v) is 5.37. The quantitative estimate of drug-likeness (QED) is 0.851. The number of fused-ring (bicyclic) bond motifs is 1. The van der Waals surface area contributed by atoms with E-state index in [9.17, 15) is 0 Å². The Labute approximate surface area is 120 Å². The van der Waals surface area contributed by atoms with Crippen molar-refractivity contribution < 1.29 is 4.74 Å². The highest BCUT2D eigenvalue weighted by molar-refractivity contribution is 5.48. The lowest BCUT2D eigenvalue weighted by Gasteiger charge is -2.20. The van der Waals surface area contributed by atoms with Crippen LogP contribution in [0.4, 0.5) is 5.69 Å². The molecular formula is C17H20N2O. The van der Waals surface area contributed by atoms with Gasteiger partial charge in [0.15, 0.2) is 0 Å². The maximum absolute atomic E-state index is 6.08. The summed E-state index contributed by atoms with van der Waals surface area (Å²) in [6.07, 6.45) is 0. The maximum Gasteiger partial charge on any atom is 0.123 e. The predicted molar refractivity (Wildman–Crippen MR) is 81.6 cm³/mol. The lowest BCUT2D eigenvalue weighted by atomic mass is 10.1. The average Bonchev–Trinajstić information content (AvgIpc) is 2.64. The molecule has 3 heteroatoms. The molecule has 2 aromatic rings. The van der Waals surface area contributed by atoms with Crippen molar-refractivity contribution in [2.24, 2.45) is 0 Å². The van der Waals surface area contributed by atoms with Gasteiger partial charge in [-0.05, 0) is 24.6 Å². The summed E-state index contributed by atoms with van der Waals surface area (Å²) in [6.45, 7) is 5.52. The monoisotopic (exact) mass is 268 g/mol. The Morgan fingerprint density at radius 3 is 2.95 bits per heavy atom. The van der Waals surface area contributed by atoms with Crippen LogP contribution in [0.25, 0.3) is 0 Å². The molecule has 1 aliphatic heterocycles. The fourth-order valence-corrected chi connectivity index (χ4v) is 2.63. The van der Waals surface area contributed by atoms with E-state index in [0.29, 0.717) is 0 Å². The number of aryl methyl sites for hydroxylation is 1. The van der Waals surface area contributed by atoms with E-state index in [-0.39, 0.29) is 0 Å². The molecule has 0 aromatic heterocycles. The molecule has 2 N–H and O–H groups in total. The van der Waals surface area contributed by atoms with Crippen LogP contribution in [-0.4, -0.2) is 18.1 Å². The number of nitrogens with zero attached hydrogens (tertiary/aromatic N) is 1. The van der Waals surface area contributed by atoms with Crippen LogP contribution in [0, 0.1) is 6.92 Å². The molecule has 3 rings (SSSR count). The molecule has 0 atom stereocenters. The number of nitrogen functional groups attached to an aromatic ring is 1. The average molecular weight is 268 g/mol. The molecule has 0 spiro atoms. The number of benzene rings is 2. The molecule has 0 radical (unpaired) electrons. The SMILES string of the molecule is Cc1ccc(N)c(CN2CCOc3ccccc3C2)c1. The van der Waals surface area contributed by atoms with E-state index in [4.69, 9.17) is 10.5 Å². The van der Waals surface area contributed by atoms with Crippen LogP contribution in [0.1, 0.15) is 16.7 Å². The minimum atomic E-state index is 0.725. The molecule has 2 aromatic carbocycles. The number of anilines is 1. The molecule has 0 fully saturated rings. The summed E-state index contributed by atoms with van der Waals surface area (Å²) in [5, 5.41) is 0. The Kier molecular flexibility index (Phi) is 3.61. The van der Waals surface area contributed by atoms with Crippen molar-refractivity contribution in [1.82, 2.24) is 4.90 Å². The van der Waals surface area contributed by atoms with Crippen LogP contribution in [0.5, 0.6) is 5.75 Å². The number of nitrogens with two attached hydrogens (primary N) is 1. The number of para-hydroxylation sites is 1. The summed E-state index contributed by atoms with van der Waals surface area (Å²) >= 11 is 0. The molecule has 0 aliphatic carbocycles. The van der Waals surface area contributed by atoms with E-state index in [1.165, 1.54) is 16.7 Å². The summed E-state index contributed by atoms with van der Waals surface area (Å²) < 4.78 is 5.80. The van der Waals surface area contributed by atoms with Crippen molar-refractivity contribution in [3.63, 3.8) is 0 Å². The van der Waals surface area contributed by atoms with E-state index in [0.717, 1.165) is 37.7 Å². The molecule has 0 amide bonds. The fraction of sp³-hybridized carbons (Fsp3) is 0.294. The molecule has 20 heavy (non-hydrogen) atoms. The van der Waals surface area contributed by atoms with Crippen LogP contribution in [0.15, 0.2) is 42.5 Å². The third-order valence-corrected chi connectivity index (χ3v) is 3.72. The molecule has 3 nitrogen and oxygen atoms in total. The van der Waals surface area contributed by atoms with Crippen LogP contribution < -0.4 is 10.5 Å². The fourth-order valence-electron chi connectivity index (χ4n) is 2.63. The molecule has 0 saturated carbocycles. The van der Waals surface area contributed by atoms with Gasteiger partial charge >= 0.3 is 0 Å². The van der Waals surface area contributed by atoms with E-state index in [2.05, 4.69) is 36.1 Å². The van der Waals surface area contributed by atoms with Gasteiger partial charge in [0, 0.05) is 30.9 Å². The van der Waals surface area contributed by atoms with Crippen LogP contribution in [0.2, 0.25) is 0 Å². The lowest BCUT2D eigenvalue weighted by Crippen LogP contribution is -2.25. The number of rotatable bonds is 2. The molecular weight excluding hydrogens is 248 g/mol. The Balaban J connectivity index is 1.80. The van der Waals surface area contributed by atoms with E-state index >= 15 is 0 Å². The third-order valence-electron chi connectivity index (χ3n) is 3.72. The number of ether oxygens (including phenoxy) is 1. The van der Waals surface area contributed by atoms with Crippen molar-refractivity contribution in [2.45, 2.75) is 20.0 Å². The second-order valence-electron chi connectivity index (χ2n) is 5.37. The highest BCUT2D eigenvalue weighted by Gasteiger charge is 2.15. The van der Waals surface area contributed by atoms with Crippen molar-refractivity contribution in [3.8, 4) is 5.75 Å². The highest BCUT2D eigenvalue weighted by Crippen LogP contribution is 2.24. The Bertz CT molecular complexity index is 610. The van der Waals surface area contributed by atoms with Gasteiger partial charge in [-0.3, -0.25) is 4.90 Å². The van der Waals surface area contributed by atoms with E-state index in [1.807, 2.05) is 18.2 Å². The minimum Gasteiger partial charge on any atom is -0.492 e. The Morgan fingerprint density at radius 1 is 1.20 bits per heavy atom. The van der Waals surface area contributed by atoms with Gasteiger partial charge < -0.3 is 10.5 Å². The first-order valence-electron chi connectivity index (χ1n) is 7.00. The van der Waals surface area contributed by atoms with Crippen molar-refractivity contribution in [3.05, 3.63) is 59.2 Å². The molecule has 0 bridgehead atoms. The van der Waals surface area contributed by atoms with Crippen molar-refractivity contribution in [2.75, 3.05) is 18.9 Å². The predicted octanol–water partition coefficient (Wildman–Crippen LogP) is 2.97. The van der Waals surface area contributed by atoms with Gasteiger partial charge in [0.25, 0.3) is 0 Å². The van der Waals surface area contributed by atoms with Crippen molar-refractivity contribution >= 4 is 5.69 Å². The molecule has 0 saturated heterocycles. The first kappa shape index (κ1) is 13.0. The molecule has 1 aliphatic rings. The summed E-state index contributed by atoms with van der Waals surface area (Å²) in [7, 11) is 0. The highest BCUT2D eigenvalue weighted by atomic mass is 16.5. The van der Waals surface area contributed by atoms with Gasteiger partial charge in [0.05, 0.1) is 0 Å². The second kappa shape index (κ2) is 5.55. The zero-order chi connectivity index (χ0) is 13.9. The van der Waals surface area contributed by atoms with E-state index in [1.54, 1.807) is 0 Å². The molecule has 104 valence electrons. The topological polar surface area (TPSA) is 38.5 Å². The lowest BCUT2D eigenvalue weighted by molar-refractivity contribution is 0.220. The first-order valence-corrected chi connectivity index (χ1v) is 7.00. The maximum atomic E-state index is 6.08. The van der Waals surface area contributed by atoms with Gasteiger partial charge in [0.2, 0.25) is 0 Å². The largest absolute Gasteiger partial charge is 0.492 e. The number of hydrogen-bond donors (Lipinski definition) is 1. The smallest absolute Gasteiger partial charge is 0.123 e. The van der Waals surface area contributed by atoms with Crippen LogP contribution >= 0.6 is 0 Å². The standard InChI is InChI=1S/C17H20N2O/c1-13-6-7-16(18)15(10-13)12-19-8-9-20-17-5-3-2-4-14(17)11-19/h2-7,10H,8-9,11-12,18H2,1H3. The summed E-state index contributed by atoms with van der Waals surface area (Å²) in [4.78, 5) is 2.39. The normalized spacial score (nSPS) is 15.2. The van der Waals surface area contributed by atoms with Gasteiger partial charge in [-0.25, -0.2) is 0 Å². The van der Waals surface area contributed by atoms with Gasteiger partial charge in [-0.1, -0.05) is 35.9 Å². The Hall–Kier alpha value is -2.00. The Morgan fingerprint density at radius 2 is 2.05 bits per heavy atom. The van der Waals surface area contributed by atoms with Crippen molar-refractivity contribution in [1.29, 1.82) is 0 Å². The number of hydrogen-bond acceptors (Lipinski definition) is 3. The first-order chi connectivity index (χ1) is 9.72. The zero-order valence-corrected chi connectivity index (χ0v) is 11.8. The zero-order valence-electron chi connectivity index (χ0n) is 11.8. The summed E-state index contributed by atoms with van der Waals surface area (Å²) in [6, 6.07) is 14.5. The van der Waals surface area contributed by atoms with Gasteiger partial charge in [-0.15, -0.1) is 0 Å². The van der Waals surface area contributed by atoms with E-state index < -0.39 is 0 Å². The van der Waals surface area contributed by atoms with Crippen LogP contribution in [0.3, 0.4) is 0 Å². The molecule has 0 unspecified atom stereocenters.